The van der Waals surface area contributed by atoms with Crippen LogP contribution in [-0.2, 0) is 9.47 Å². The highest BCUT2D eigenvalue weighted by Crippen LogP contribution is 2.25. The van der Waals surface area contributed by atoms with Crippen LogP contribution in [0.3, 0.4) is 0 Å². The average molecular weight is 229 g/mol. The number of rotatable bonds is 2. The normalized spacial score (nSPS) is 14.8. The van der Waals surface area contributed by atoms with Gasteiger partial charge < -0.3 is 9.47 Å². The number of azide groups is 1. The molecular weight excluding hydrogens is 218 g/mol. The zero-order chi connectivity index (χ0) is 11.9. The first kappa shape index (κ1) is 11.5. The number of nitrogens with zero attached hydrogens (tertiary/aromatic N) is 3. The first-order valence-corrected chi connectivity index (χ1v) is 5.23. The van der Waals surface area contributed by atoms with Crippen molar-refractivity contribution in [3.05, 3.63) is 45.8 Å². The van der Waals surface area contributed by atoms with Gasteiger partial charge >= 0.3 is 0 Å². The van der Waals surface area contributed by atoms with Crippen molar-refractivity contribution in [3.63, 3.8) is 0 Å². The molecule has 0 atom stereocenters. The van der Waals surface area contributed by atoms with Gasteiger partial charge in [0.05, 0.1) is 19.8 Å². The first-order chi connectivity index (χ1) is 8.42. The lowest BCUT2D eigenvalue weighted by Crippen LogP contribution is -2.00. The third-order valence-corrected chi connectivity index (χ3v) is 2.27. The Hall–Kier alpha value is -1.99. The van der Waals surface area contributed by atoms with E-state index in [1.54, 1.807) is 0 Å². The summed E-state index contributed by atoms with van der Waals surface area (Å²) in [6.07, 6.45) is -0.333. The van der Waals surface area contributed by atoms with Crippen molar-refractivity contribution in [2.24, 2.45) is 5.11 Å². The van der Waals surface area contributed by atoms with Gasteiger partial charge in [0.2, 0.25) is 0 Å². The molecule has 2 rings (SSSR count). The highest BCUT2D eigenvalue weighted by Gasteiger charge is 2.20. The van der Waals surface area contributed by atoms with Crippen LogP contribution < -0.4 is 0 Å². The maximum atomic E-state index is 8.14. The predicted molar refractivity (Wildman–Crippen MR) is 62.0 cm³/mol. The SMILES string of the molecule is [N-]=[N+]=NCC#Cc1ccccc1C1OCCO1. The molecule has 1 aromatic rings. The molecule has 0 N–H and O–H groups in total. The van der Waals surface area contributed by atoms with Gasteiger partial charge in [-0.25, -0.2) is 0 Å². The van der Waals surface area contributed by atoms with Crippen LogP contribution in [0.1, 0.15) is 17.4 Å². The minimum Gasteiger partial charge on any atom is -0.346 e. The molecule has 5 heteroatoms. The van der Waals surface area contributed by atoms with E-state index in [0.717, 1.165) is 11.1 Å². The van der Waals surface area contributed by atoms with Crippen molar-refractivity contribution < 1.29 is 9.47 Å². The van der Waals surface area contributed by atoms with Crippen LogP contribution in [0.25, 0.3) is 10.4 Å². The van der Waals surface area contributed by atoms with E-state index in [1.807, 2.05) is 24.3 Å². The molecule has 86 valence electrons. The van der Waals surface area contributed by atoms with Crippen molar-refractivity contribution in [1.82, 2.24) is 0 Å². The van der Waals surface area contributed by atoms with Gasteiger partial charge in [0.25, 0.3) is 0 Å². The summed E-state index contributed by atoms with van der Waals surface area (Å²) in [5.41, 5.74) is 9.90. The van der Waals surface area contributed by atoms with Crippen molar-refractivity contribution in [2.45, 2.75) is 6.29 Å². The molecule has 0 amide bonds. The number of hydrogen-bond donors (Lipinski definition) is 0. The average Bonchev–Trinajstić information content (AvgIpc) is 2.89. The number of hydrogen-bond acceptors (Lipinski definition) is 3. The molecule has 0 bridgehead atoms. The van der Waals surface area contributed by atoms with Crippen molar-refractivity contribution in [1.29, 1.82) is 0 Å². The zero-order valence-electron chi connectivity index (χ0n) is 9.17. The molecule has 17 heavy (non-hydrogen) atoms. The summed E-state index contributed by atoms with van der Waals surface area (Å²) in [6, 6.07) is 7.63. The lowest BCUT2D eigenvalue weighted by atomic mass is 10.1. The Kier molecular flexibility index (Phi) is 4.00. The summed E-state index contributed by atoms with van der Waals surface area (Å²) in [7, 11) is 0. The van der Waals surface area contributed by atoms with Gasteiger partial charge in [0.15, 0.2) is 6.29 Å². The summed E-state index contributed by atoms with van der Waals surface area (Å²) >= 11 is 0. The van der Waals surface area contributed by atoms with Crippen LogP contribution in [0.15, 0.2) is 29.4 Å². The van der Waals surface area contributed by atoms with E-state index in [2.05, 4.69) is 21.9 Å². The highest BCUT2D eigenvalue weighted by atomic mass is 16.7. The molecule has 0 unspecified atom stereocenters. The molecule has 0 saturated carbocycles. The summed E-state index contributed by atoms with van der Waals surface area (Å²) in [4.78, 5) is 2.64. The predicted octanol–water partition coefficient (Wildman–Crippen LogP) is 2.39. The molecule has 1 aliphatic heterocycles. The minimum atomic E-state index is -0.333. The van der Waals surface area contributed by atoms with Gasteiger partial charge in [0.1, 0.15) is 0 Å². The highest BCUT2D eigenvalue weighted by molar-refractivity contribution is 5.42. The molecule has 1 aliphatic rings. The fourth-order valence-corrected chi connectivity index (χ4v) is 1.56. The van der Waals surface area contributed by atoms with Crippen LogP contribution in [0, 0.1) is 11.8 Å². The van der Waals surface area contributed by atoms with Gasteiger partial charge in [0, 0.05) is 16.0 Å². The summed E-state index contributed by atoms with van der Waals surface area (Å²) < 4.78 is 10.9. The Labute approximate surface area is 99.0 Å². The zero-order valence-corrected chi connectivity index (χ0v) is 9.17. The van der Waals surface area contributed by atoms with E-state index in [-0.39, 0.29) is 12.8 Å². The fourth-order valence-electron chi connectivity index (χ4n) is 1.56. The van der Waals surface area contributed by atoms with Crippen molar-refractivity contribution in [2.75, 3.05) is 19.8 Å². The lowest BCUT2D eigenvalue weighted by molar-refractivity contribution is -0.0442. The van der Waals surface area contributed by atoms with E-state index < -0.39 is 0 Å². The molecule has 1 saturated heterocycles. The van der Waals surface area contributed by atoms with Crippen LogP contribution >= 0.6 is 0 Å². The van der Waals surface area contributed by atoms with E-state index in [1.165, 1.54) is 0 Å². The van der Waals surface area contributed by atoms with Crippen LogP contribution in [0.2, 0.25) is 0 Å². The Bertz CT molecular complexity index is 492. The molecule has 1 fully saturated rings. The maximum Gasteiger partial charge on any atom is 0.185 e. The second-order valence-electron chi connectivity index (χ2n) is 3.35. The topological polar surface area (TPSA) is 67.2 Å². The van der Waals surface area contributed by atoms with Gasteiger partial charge in [-0.3, -0.25) is 0 Å². The van der Waals surface area contributed by atoms with E-state index in [0.29, 0.717) is 13.2 Å². The molecule has 5 nitrogen and oxygen atoms in total. The first-order valence-electron chi connectivity index (χ1n) is 5.23. The van der Waals surface area contributed by atoms with E-state index >= 15 is 0 Å². The quantitative estimate of drug-likeness (QED) is 0.338. The van der Waals surface area contributed by atoms with Crippen LogP contribution in [-0.4, -0.2) is 19.8 Å². The monoisotopic (exact) mass is 229 g/mol. The number of ether oxygens (including phenoxy) is 2. The fraction of sp³-hybridized carbons (Fsp3) is 0.333. The Morgan fingerprint density at radius 2 is 2.12 bits per heavy atom. The molecule has 0 aliphatic carbocycles. The van der Waals surface area contributed by atoms with Crippen LogP contribution in [0.5, 0.6) is 0 Å². The van der Waals surface area contributed by atoms with E-state index in [4.69, 9.17) is 15.0 Å². The molecule has 0 aromatic heterocycles. The second kappa shape index (κ2) is 5.92. The summed E-state index contributed by atoms with van der Waals surface area (Å²) in [5, 5.41) is 3.36. The van der Waals surface area contributed by atoms with Gasteiger partial charge in [-0.1, -0.05) is 35.2 Å². The molecular formula is C12H11N3O2. The maximum absolute atomic E-state index is 8.14. The lowest BCUT2D eigenvalue weighted by Gasteiger charge is -2.10. The van der Waals surface area contributed by atoms with Crippen LogP contribution in [0.4, 0.5) is 0 Å². The third kappa shape index (κ3) is 2.99. The number of benzene rings is 1. The molecule has 0 radical (unpaired) electrons. The summed E-state index contributed by atoms with van der Waals surface area (Å²) in [5.74, 6) is 5.74. The van der Waals surface area contributed by atoms with Gasteiger partial charge in [-0.05, 0) is 11.6 Å². The smallest absolute Gasteiger partial charge is 0.185 e. The van der Waals surface area contributed by atoms with E-state index in [9.17, 15) is 0 Å². The van der Waals surface area contributed by atoms with Crippen molar-refractivity contribution in [3.8, 4) is 11.8 Å². The third-order valence-electron chi connectivity index (χ3n) is 2.27. The summed E-state index contributed by atoms with van der Waals surface area (Å²) in [6.45, 7) is 1.37. The molecule has 0 spiro atoms. The van der Waals surface area contributed by atoms with Gasteiger partial charge in [-0.2, -0.15) is 0 Å². The second-order valence-corrected chi connectivity index (χ2v) is 3.35. The van der Waals surface area contributed by atoms with Crippen molar-refractivity contribution >= 4 is 0 Å². The Morgan fingerprint density at radius 1 is 1.35 bits per heavy atom. The van der Waals surface area contributed by atoms with Gasteiger partial charge in [-0.15, -0.1) is 0 Å². The Morgan fingerprint density at radius 3 is 2.88 bits per heavy atom. The Balaban J connectivity index is 2.19. The molecule has 1 heterocycles. The largest absolute Gasteiger partial charge is 0.346 e. The minimum absolute atomic E-state index is 0.164. The standard InChI is InChI=1S/C12H11N3O2/c13-15-14-7-3-5-10-4-1-2-6-11(10)12-16-8-9-17-12/h1-2,4,6,12H,7-9H2. The molecule has 1 aromatic carbocycles.